The van der Waals surface area contributed by atoms with E-state index in [-0.39, 0.29) is 11.3 Å². The number of hydrazone groups is 1. The number of aryl methyl sites for hydroxylation is 1. The summed E-state index contributed by atoms with van der Waals surface area (Å²) in [5.74, 6) is -0.426. The smallest absolute Gasteiger partial charge is 0.267 e. The van der Waals surface area contributed by atoms with Crippen molar-refractivity contribution in [2.45, 2.75) is 20.3 Å². The summed E-state index contributed by atoms with van der Waals surface area (Å²) in [5, 5.41) is 8.98. The van der Waals surface area contributed by atoms with E-state index < -0.39 is 5.91 Å². The van der Waals surface area contributed by atoms with E-state index in [1.165, 1.54) is 7.05 Å². The Hall–Kier alpha value is -2.50. The van der Waals surface area contributed by atoms with Gasteiger partial charge in [-0.15, -0.1) is 0 Å². The molecule has 0 aliphatic rings. The Morgan fingerprint density at radius 1 is 1.35 bits per heavy atom. The molecule has 2 aromatic rings. The highest BCUT2D eigenvalue weighted by Crippen LogP contribution is 2.12. The van der Waals surface area contributed by atoms with Gasteiger partial charge < -0.3 is 0 Å². The summed E-state index contributed by atoms with van der Waals surface area (Å²) in [6.45, 7) is 3.78. The van der Waals surface area contributed by atoms with Gasteiger partial charge in [-0.05, 0) is 19.4 Å². The summed E-state index contributed by atoms with van der Waals surface area (Å²) in [6, 6.07) is 6.90. The molecule has 104 valence electrons. The molecule has 0 saturated carbocycles. The minimum Gasteiger partial charge on any atom is -0.267 e. The molecule has 1 amide bonds. The molecule has 0 atom stereocenters. The molecule has 1 aromatic heterocycles. The molecule has 0 unspecified atom stereocenters. The second-order valence-corrected chi connectivity index (χ2v) is 4.46. The zero-order valence-electron chi connectivity index (χ0n) is 11.7. The van der Waals surface area contributed by atoms with Crippen LogP contribution in [0, 0.1) is 0 Å². The van der Waals surface area contributed by atoms with Crippen LogP contribution in [0.2, 0.25) is 0 Å². The third-order valence-corrected chi connectivity index (χ3v) is 3.03. The van der Waals surface area contributed by atoms with E-state index in [0.717, 1.165) is 16.8 Å². The largest absolute Gasteiger partial charge is 0.292 e. The van der Waals surface area contributed by atoms with Crippen LogP contribution < -0.4 is 11.0 Å². The van der Waals surface area contributed by atoms with Crippen molar-refractivity contribution >= 4 is 22.4 Å². The van der Waals surface area contributed by atoms with Gasteiger partial charge in [0.25, 0.3) is 11.5 Å². The third-order valence-electron chi connectivity index (χ3n) is 3.03. The lowest BCUT2D eigenvalue weighted by molar-refractivity contribution is 0.0949. The van der Waals surface area contributed by atoms with Crippen molar-refractivity contribution in [3.8, 4) is 0 Å². The second kappa shape index (κ2) is 5.64. The van der Waals surface area contributed by atoms with E-state index in [1.807, 2.05) is 13.8 Å². The average molecular weight is 272 g/mol. The number of amides is 1. The third kappa shape index (κ3) is 2.59. The normalized spacial score (nSPS) is 11.7. The Kier molecular flexibility index (Phi) is 3.93. The quantitative estimate of drug-likeness (QED) is 0.678. The number of carbonyl (C=O) groups is 1. The molecular weight excluding hydrogens is 256 g/mol. The minimum atomic E-state index is -0.426. The van der Waals surface area contributed by atoms with Crippen LogP contribution >= 0.6 is 0 Å². The highest BCUT2D eigenvalue weighted by atomic mass is 16.2. The first-order valence-corrected chi connectivity index (χ1v) is 6.34. The SMILES string of the molecule is CC/C(C)=N\NC(=O)c1nn(C)c(=O)c2ccccc12. The number of hydrogen-bond acceptors (Lipinski definition) is 4. The molecule has 0 spiro atoms. The molecule has 1 aromatic carbocycles. The first-order valence-electron chi connectivity index (χ1n) is 6.34. The summed E-state index contributed by atoms with van der Waals surface area (Å²) in [6.07, 6.45) is 0.752. The summed E-state index contributed by atoms with van der Waals surface area (Å²) in [5.41, 5.74) is 3.23. The zero-order valence-corrected chi connectivity index (χ0v) is 11.7. The summed E-state index contributed by atoms with van der Waals surface area (Å²) in [7, 11) is 1.52. The van der Waals surface area contributed by atoms with Gasteiger partial charge in [0, 0.05) is 18.1 Å². The molecule has 6 nitrogen and oxygen atoms in total. The predicted octanol–water partition coefficient (Wildman–Crippen LogP) is 1.45. The van der Waals surface area contributed by atoms with Crippen molar-refractivity contribution in [3.05, 3.63) is 40.3 Å². The molecule has 0 saturated heterocycles. The molecule has 0 radical (unpaired) electrons. The van der Waals surface area contributed by atoms with E-state index in [0.29, 0.717) is 10.8 Å². The molecule has 0 bridgehead atoms. The lowest BCUT2D eigenvalue weighted by Crippen LogP contribution is -2.27. The van der Waals surface area contributed by atoms with Crippen molar-refractivity contribution in [1.82, 2.24) is 15.2 Å². The Morgan fingerprint density at radius 2 is 2.00 bits per heavy atom. The first kappa shape index (κ1) is 13.9. The summed E-state index contributed by atoms with van der Waals surface area (Å²) in [4.78, 5) is 24.1. The summed E-state index contributed by atoms with van der Waals surface area (Å²) < 4.78 is 1.16. The van der Waals surface area contributed by atoms with E-state index in [9.17, 15) is 9.59 Å². The molecule has 0 fully saturated rings. The van der Waals surface area contributed by atoms with Crippen molar-refractivity contribution in [2.24, 2.45) is 12.1 Å². The topological polar surface area (TPSA) is 76.3 Å². The maximum Gasteiger partial charge on any atom is 0.292 e. The van der Waals surface area contributed by atoms with Crippen LogP contribution in [0.5, 0.6) is 0 Å². The van der Waals surface area contributed by atoms with Crippen LogP contribution in [-0.2, 0) is 7.05 Å². The van der Waals surface area contributed by atoms with Crippen LogP contribution in [0.25, 0.3) is 10.8 Å². The second-order valence-electron chi connectivity index (χ2n) is 4.46. The van der Waals surface area contributed by atoms with Gasteiger partial charge in [0.15, 0.2) is 5.69 Å². The molecule has 2 rings (SSSR count). The minimum absolute atomic E-state index is 0.190. The van der Waals surface area contributed by atoms with Crippen molar-refractivity contribution < 1.29 is 4.79 Å². The fourth-order valence-electron chi connectivity index (χ4n) is 1.75. The molecule has 0 aliphatic carbocycles. The van der Waals surface area contributed by atoms with Crippen LogP contribution in [-0.4, -0.2) is 21.4 Å². The lowest BCUT2D eigenvalue weighted by Gasteiger charge is -2.06. The van der Waals surface area contributed by atoms with Crippen LogP contribution in [0.4, 0.5) is 0 Å². The number of benzene rings is 1. The standard InChI is InChI=1S/C14H16N4O2/c1-4-9(2)15-16-13(19)12-10-7-5-6-8-11(10)14(20)18(3)17-12/h5-8H,4H2,1-3H3,(H,16,19)/b15-9-. The maximum atomic E-state index is 12.1. The van der Waals surface area contributed by atoms with E-state index >= 15 is 0 Å². The molecule has 6 heteroatoms. The molecule has 1 heterocycles. The Bertz CT molecular complexity index is 746. The number of nitrogens with one attached hydrogen (secondary N) is 1. The van der Waals surface area contributed by atoms with Crippen molar-refractivity contribution in [1.29, 1.82) is 0 Å². The number of nitrogens with zero attached hydrogens (tertiary/aromatic N) is 3. The lowest BCUT2D eigenvalue weighted by atomic mass is 10.1. The van der Waals surface area contributed by atoms with Gasteiger partial charge >= 0.3 is 0 Å². The van der Waals surface area contributed by atoms with Gasteiger partial charge in [-0.2, -0.15) is 10.2 Å². The Balaban J connectivity index is 2.52. The first-order chi connectivity index (χ1) is 9.54. The van der Waals surface area contributed by atoms with Crippen LogP contribution in [0.15, 0.2) is 34.2 Å². The molecule has 0 aliphatic heterocycles. The van der Waals surface area contributed by atoms with E-state index in [2.05, 4.69) is 15.6 Å². The summed E-state index contributed by atoms with van der Waals surface area (Å²) >= 11 is 0. The van der Waals surface area contributed by atoms with Gasteiger partial charge in [0.05, 0.1) is 5.39 Å². The van der Waals surface area contributed by atoms with Crippen molar-refractivity contribution in [3.63, 3.8) is 0 Å². The van der Waals surface area contributed by atoms with Crippen LogP contribution in [0.3, 0.4) is 0 Å². The number of rotatable bonds is 3. The number of carbonyl (C=O) groups excluding carboxylic acids is 1. The number of aromatic nitrogens is 2. The van der Waals surface area contributed by atoms with Gasteiger partial charge in [0.2, 0.25) is 0 Å². The average Bonchev–Trinajstić information content (AvgIpc) is 2.48. The molecule has 1 N–H and O–H groups in total. The zero-order chi connectivity index (χ0) is 14.7. The fraction of sp³-hybridized carbons (Fsp3) is 0.286. The van der Waals surface area contributed by atoms with Gasteiger partial charge in [-0.3, -0.25) is 9.59 Å². The van der Waals surface area contributed by atoms with Crippen LogP contribution in [0.1, 0.15) is 30.8 Å². The monoisotopic (exact) mass is 272 g/mol. The van der Waals surface area contributed by atoms with Gasteiger partial charge in [-0.1, -0.05) is 25.1 Å². The van der Waals surface area contributed by atoms with E-state index in [4.69, 9.17) is 0 Å². The van der Waals surface area contributed by atoms with E-state index in [1.54, 1.807) is 24.3 Å². The molecular formula is C14H16N4O2. The number of fused-ring (bicyclic) bond motifs is 1. The predicted molar refractivity (Wildman–Crippen MR) is 77.9 cm³/mol. The number of hydrogen-bond donors (Lipinski definition) is 1. The highest BCUT2D eigenvalue weighted by Gasteiger charge is 2.14. The van der Waals surface area contributed by atoms with Gasteiger partial charge in [0.1, 0.15) is 0 Å². The highest BCUT2D eigenvalue weighted by molar-refractivity contribution is 6.05. The maximum absolute atomic E-state index is 12.1. The Labute approximate surface area is 116 Å². The fourth-order valence-corrected chi connectivity index (χ4v) is 1.75. The molecule has 20 heavy (non-hydrogen) atoms. The van der Waals surface area contributed by atoms with Gasteiger partial charge in [-0.25, -0.2) is 10.1 Å². The van der Waals surface area contributed by atoms with Crippen molar-refractivity contribution in [2.75, 3.05) is 0 Å². The Morgan fingerprint density at radius 3 is 2.65 bits per heavy atom.